The number of aromatic nitrogens is 2. The third-order valence-electron chi connectivity index (χ3n) is 8.32. The van der Waals surface area contributed by atoms with Crippen molar-refractivity contribution in [1.29, 1.82) is 0 Å². The van der Waals surface area contributed by atoms with E-state index >= 15 is 4.39 Å². The van der Waals surface area contributed by atoms with Gasteiger partial charge in [0.05, 0.1) is 22.3 Å². The fourth-order valence-electron chi connectivity index (χ4n) is 5.80. The predicted molar refractivity (Wildman–Crippen MR) is 197 cm³/mol. The Morgan fingerprint density at radius 1 is 1.00 bits per heavy atom. The summed E-state index contributed by atoms with van der Waals surface area (Å²) in [7, 11) is 0. The lowest BCUT2D eigenvalue weighted by atomic mass is 10.1. The molecule has 4 aromatic rings. The number of ether oxygens (including phenoxy) is 2. The van der Waals surface area contributed by atoms with Gasteiger partial charge in [-0.15, -0.1) is 0 Å². The number of anilines is 2. The van der Waals surface area contributed by atoms with Gasteiger partial charge in [0.15, 0.2) is 11.6 Å². The van der Waals surface area contributed by atoms with E-state index in [1.807, 2.05) is 70.1 Å². The third kappa shape index (κ3) is 8.67. The van der Waals surface area contributed by atoms with Crippen LogP contribution in [0.3, 0.4) is 0 Å². The van der Waals surface area contributed by atoms with E-state index in [4.69, 9.17) is 9.47 Å². The van der Waals surface area contributed by atoms with Crippen molar-refractivity contribution in [1.82, 2.24) is 18.8 Å². The Morgan fingerprint density at radius 2 is 1.70 bits per heavy atom. The van der Waals surface area contributed by atoms with Crippen molar-refractivity contribution >= 4 is 40.5 Å². The van der Waals surface area contributed by atoms with Crippen LogP contribution in [0, 0.1) is 5.82 Å². The van der Waals surface area contributed by atoms with Crippen molar-refractivity contribution in [3.63, 3.8) is 0 Å². The maximum Gasteiger partial charge on any atom is 0.410 e. The summed E-state index contributed by atoms with van der Waals surface area (Å²) in [6.45, 7) is 14.9. The van der Waals surface area contributed by atoms with Crippen LogP contribution in [0.5, 0.6) is 11.5 Å². The monoisotopic (exact) mass is 708 g/mol. The quantitative estimate of drug-likeness (QED) is 0.183. The van der Waals surface area contributed by atoms with Crippen LogP contribution in [-0.4, -0.2) is 75.9 Å². The summed E-state index contributed by atoms with van der Waals surface area (Å²) in [5.41, 5.74) is 2.60. The fourth-order valence-corrected chi connectivity index (χ4v) is 6.66. The van der Waals surface area contributed by atoms with Gasteiger partial charge in [0.2, 0.25) is 0 Å². The number of rotatable bonds is 8. The number of hydrogen-bond acceptors (Lipinski definition) is 9. The Bertz CT molecular complexity index is 1840. The largest absolute Gasteiger partial charge is 0.454 e. The smallest absolute Gasteiger partial charge is 0.410 e. The molecule has 1 unspecified atom stereocenters. The summed E-state index contributed by atoms with van der Waals surface area (Å²) >= 11 is 1.30. The summed E-state index contributed by atoms with van der Waals surface area (Å²) in [5.74, 6) is -0.153. The lowest BCUT2D eigenvalue weighted by Gasteiger charge is -2.36. The Morgan fingerprint density at radius 3 is 2.34 bits per heavy atom. The highest BCUT2D eigenvalue weighted by atomic mass is 32.2. The molecule has 10 nitrogen and oxygen atoms in total. The second-order valence-electron chi connectivity index (χ2n) is 12.9. The molecule has 1 amide bonds. The van der Waals surface area contributed by atoms with Crippen LogP contribution in [0.25, 0.3) is 16.6 Å². The SMILES string of the molecule is CC.CCc1c(NSN2CCC(F)C2)ccc(F)c1Oc1ccc2ncn(-c3ccc(N4CCN(C(=O)OC(C)(C)C)CC4)cc3)c(=O)c2c1. The maximum absolute atomic E-state index is 15.1. The molecule has 2 aliphatic rings. The molecule has 2 fully saturated rings. The van der Waals surface area contributed by atoms with Gasteiger partial charge in [-0.3, -0.25) is 9.36 Å². The Labute approximate surface area is 296 Å². The number of nitrogens with zero attached hydrogens (tertiary/aromatic N) is 5. The number of carbonyl (C=O) groups is 1. The molecule has 0 bridgehead atoms. The first kappa shape index (κ1) is 36.9. The summed E-state index contributed by atoms with van der Waals surface area (Å²) in [6.07, 6.45) is 1.32. The molecule has 0 radical (unpaired) electrons. The molecular weight excluding hydrogens is 663 g/mol. The molecule has 50 heavy (non-hydrogen) atoms. The van der Waals surface area contributed by atoms with Crippen molar-refractivity contribution < 1.29 is 23.0 Å². The second kappa shape index (κ2) is 16.1. The van der Waals surface area contributed by atoms with Gasteiger partial charge < -0.3 is 24.0 Å². The molecule has 268 valence electrons. The van der Waals surface area contributed by atoms with Crippen molar-refractivity contribution in [2.75, 3.05) is 48.9 Å². The zero-order valence-corrected chi connectivity index (χ0v) is 30.4. The molecule has 1 atom stereocenters. The fraction of sp³-hybridized carbons (Fsp3) is 0.432. The Hall–Kier alpha value is -4.36. The highest BCUT2D eigenvalue weighted by Crippen LogP contribution is 2.36. The number of carbonyl (C=O) groups excluding carboxylic acids is 1. The van der Waals surface area contributed by atoms with Gasteiger partial charge in [0, 0.05) is 62.7 Å². The first-order valence-electron chi connectivity index (χ1n) is 17.1. The maximum atomic E-state index is 15.1. The highest BCUT2D eigenvalue weighted by molar-refractivity contribution is 7.98. The zero-order chi connectivity index (χ0) is 36.0. The van der Waals surface area contributed by atoms with Gasteiger partial charge in [-0.25, -0.2) is 22.9 Å². The van der Waals surface area contributed by atoms with Crippen LogP contribution in [0.4, 0.5) is 25.0 Å². The molecule has 1 aromatic heterocycles. The van der Waals surface area contributed by atoms with Gasteiger partial charge in [-0.1, -0.05) is 20.8 Å². The third-order valence-corrected chi connectivity index (χ3v) is 9.22. The molecular formula is C37H46F2N6O4S. The predicted octanol–water partition coefficient (Wildman–Crippen LogP) is 7.98. The number of nitrogens with one attached hydrogen (secondary N) is 1. The van der Waals surface area contributed by atoms with Gasteiger partial charge in [-0.05, 0) is 88.2 Å². The molecule has 13 heteroatoms. The van der Waals surface area contributed by atoms with Gasteiger partial charge >= 0.3 is 6.09 Å². The number of benzene rings is 3. The van der Waals surface area contributed by atoms with E-state index in [-0.39, 0.29) is 17.4 Å². The minimum atomic E-state index is -0.844. The van der Waals surface area contributed by atoms with E-state index in [0.717, 1.165) is 5.69 Å². The molecule has 0 spiro atoms. The second-order valence-corrected chi connectivity index (χ2v) is 13.8. The van der Waals surface area contributed by atoms with Crippen molar-refractivity contribution in [3.8, 4) is 17.2 Å². The van der Waals surface area contributed by atoms with E-state index < -0.39 is 17.6 Å². The minimum absolute atomic E-state index is 0.0685. The van der Waals surface area contributed by atoms with Gasteiger partial charge in [-0.2, -0.15) is 0 Å². The minimum Gasteiger partial charge on any atom is -0.454 e. The topological polar surface area (TPSA) is 92.2 Å². The van der Waals surface area contributed by atoms with E-state index in [1.54, 1.807) is 29.2 Å². The van der Waals surface area contributed by atoms with Gasteiger partial charge in [0.1, 0.15) is 23.8 Å². The van der Waals surface area contributed by atoms with Crippen LogP contribution in [0.15, 0.2) is 65.7 Å². The zero-order valence-electron chi connectivity index (χ0n) is 29.5. The molecule has 2 aliphatic heterocycles. The summed E-state index contributed by atoms with van der Waals surface area (Å²) in [4.78, 5) is 34.5. The average molecular weight is 709 g/mol. The van der Waals surface area contributed by atoms with E-state index in [1.165, 1.54) is 29.1 Å². The number of hydrogen-bond donors (Lipinski definition) is 1. The molecule has 2 saturated heterocycles. The van der Waals surface area contributed by atoms with Crippen molar-refractivity contribution in [2.24, 2.45) is 0 Å². The van der Waals surface area contributed by atoms with Crippen LogP contribution in [0.1, 0.15) is 53.5 Å². The van der Waals surface area contributed by atoms with E-state index in [9.17, 15) is 14.0 Å². The average Bonchev–Trinajstić information content (AvgIpc) is 3.54. The van der Waals surface area contributed by atoms with Gasteiger partial charge in [0.25, 0.3) is 5.56 Å². The van der Waals surface area contributed by atoms with Crippen molar-refractivity contribution in [3.05, 3.63) is 82.7 Å². The van der Waals surface area contributed by atoms with E-state index in [0.29, 0.717) is 85.7 Å². The van der Waals surface area contributed by atoms with E-state index in [2.05, 4.69) is 14.6 Å². The summed E-state index contributed by atoms with van der Waals surface area (Å²) in [6, 6.07) is 15.5. The lowest BCUT2D eigenvalue weighted by molar-refractivity contribution is 0.0240. The molecule has 3 heterocycles. The molecule has 0 aliphatic carbocycles. The number of amides is 1. The lowest BCUT2D eigenvalue weighted by Crippen LogP contribution is -2.50. The first-order valence-corrected chi connectivity index (χ1v) is 17.9. The standard InChI is InChI=1S/C35H40F2N6O4S.C2H6/c1-5-27-31(39-48-42-15-14-23(36)21-42)13-11-29(37)32(27)46-26-10-12-30-28(20-26)33(44)43(22-38-30)25-8-6-24(7-9-25)40-16-18-41(19-17-40)34(45)47-35(2,3)4;1-2/h6-13,20,22-23,39H,5,14-19,21H2,1-4H3;1-2H3. The molecule has 3 aromatic carbocycles. The highest BCUT2D eigenvalue weighted by Gasteiger charge is 2.26. The molecule has 1 N–H and O–H groups in total. The number of alkyl halides is 1. The van der Waals surface area contributed by atoms with Crippen molar-refractivity contribution in [2.45, 2.75) is 66.2 Å². The Kier molecular flexibility index (Phi) is 11.9. The van der Waals surface area contributed by atoms with Crippen LogP contribution in [0.2, 0.25) is 0 Å². The Balaban J connectivity index is 0.00000239. The van der Waals surface area contributed by atoms with Crippen LogP contribution < -0.4 is 19.9 Å². The van der Waals surface area contributed by atoms with Crippen LogP contribution in [-0.2, 0) is 11.2 Å². The number of halogens is 2. The van der Waals surface area contributed by atoms with Crippen LogP contribution >= 0.6 is 12.1 Å². The number of fused-ring (bicyclic) bond motifs is 1. The summed E-state index contributed by atoms with van der Waals surface area (Å²) in [5, 5.41) is 0.329. The summed E-state index contributed by atoms with van der Waals surface area (Å²) < 4.78 is 46.9. The molecule has 0 saturated carbocycles. The first-order chi connectivity index (χ1) is 24.0. The molecule has 6 rings (SSSR count). The number of piperazine rings is 1. The normalized spacial score (nSPS) is 16.6.